The van der Waals surface area contributed by atoms with Crippen LogP contribution in [0.2, 0.25) is 0 Å². The van der Waals surface area contributed by atoms with Crippen LogP contribution in [-0.2, 0) is 9.53 Å². The third-order valence-corrected chi connectivity index (χ3v) is 10.1. The lowest BCUT2D eigenvalue weighted by molar-refractivity contribution is -0.169. The molecule has 0 N–H and O–H groups in total. The normalized spacial score (nSPS) is 59.3. The van der Waals surface area contributed by atoms with E-state index in [-0.39, 0.29) is 11.6 Å². The van der Waals surface area contributed by atoms with Crippen molar-refractivity contribution in [2.24, 2.45) is 59.2 Å². The molecular weight excluding hydrogens is 308 g/mol. The summed E-state index contributed by atoms with van der Waals surface area (Å²) >= 11 is 0. The van der Waals surface area contributed by atoms with Gasteiger partial charge in [-0.3, -0.25) is 0 Å². The molecule has 0 heterocycles. The van der Waals surface area contributed by atoms with E-state index < -0.39 is 0 Å². The summed E-state index contributed by atoms with van der Waals surface area (Å²) in [7, 11) is 0. The van der Waals surface area contributed by atoms with E-state index in [0.717, 1.165) is 66.1 Å². The molecule has 6 aliphatic rings. The molecular formula is C23H32O2. The van der Waals surface area contributed by atoms with Crippen LogP contribution in [0.4, 0.5) is 0 Å². The highest BCUT2D eigenvalue weighted by molar-refractivity contribution is 5.87. The standard InChI is InChI=1S/C23H32O2/c1-4-23(25-22(24)11(2)3)10-14-8-17(23)21-16-9-15(20(14)21)18-12-5-6-13(7-12)19(16)18/h12-21H,2,4-10H2,1,3H3. The Morgan fingerprint density at radius 3 is 2.28 bits per heavy atom. The van der Waals surface area contributed by atoms with Gasteiger partial charge in [-0.15, -0.1) is 0 Å². The van der Waals surface area contributed by atoms with Crippen LogP contribution in [0.15, 0.2) is 12.2 Å². The topological polar surface area (TPSA) is 26.3 Å². The third-order valence-electron chi connectivity index (χ3n) is 10.1. The van der Waals surface area contributed by atoms with Crippen LogP contribution in [0.5, 0.6) is 0 Å². The number of rotatable bonds is 3. The first-order chi connectivity index (χ1) is 12.0. The largest absolute Gasteiger partial charge is 0.455 e. The van der Waals surface area contributed by atoms with Gasteiger partial charge in [-0.2, -0.15) is 0 Å². The summed E-state index contributed by atoms with van der Waals surface area (Å²) in [6, 6.07) is 0. The van der Waals surface area contributed by atoms with E-state index in [9.17, 15) is 4.79 Å². The maximum atomic E-state index is 12.4. The van der Waals surface area contributed by atoms with Crippen LogP contribution in [-0.4, -0.2) is 11.6 Å². The van der Waals surface area contributed by atoms with Crippen LogP contribution in [0.3, 0.4) is 0 Å². The van der Waals surface area contributed by atoms with Crippen molar-refractivity contribution >= 4 is 5.97 Å². The maximum Gasteiger partial charge on any atom is 0.333 e. The molecule has 0 aromatic rings. The summed E-state index contributed by atoms with van der Waals surface area (Å²) in [5.74, 6) is 9.49. The van der Waals surface area contributed by atoms with Gasteiger partial charge in [0.05, 0.1) is 0 Å². The Labute approximate surface area is 151 Å². The van der Waals surface area contributed by atoms with E-state index in [1.165, 1.54) is 25.7 Å². The Hall–Kier alpha value is -0.790. The van der Waals surface area contributed by atoms with Crippen molar-refractivity contribution in [1.29, 1.82) is 0 Å². The molecule has 6 aliphatic carbocycles. The van der Waals surface area contributed by atoms with Crippen LogP contribution < -0.4 is 0 Å². The zero-order valence-electron chi connectivity index (χ0n) is 15.7. The monoisotopic (exact) mass is 340 g/mol. The zero-order chi connectivity index (χ0) is 17.1. The van der Waals surface area contributed by atoms with Crippen LogP contribution in [0.25, 0.3) is 0 Å². The van der Waals surface area contributed by atoms with E-state index in [4.69, 9.17) is 4.74 Å². The molecule has 0 aromatic carbocycles. The molecule has 6 bridgehead atoms. The van der Waals surface area contributed by atoms with Gasteiger partial charge in [-0.1, -0.05) is 13.5 Å². The number of ether oxygens (including phenoxy) is 1. The molecule has 6 fully saturated rings. The number of esters is 1. The predicted octanol–water partition coefficient (Wildman–Crippen LogP) is 4.84. The van der Waals surface area contributed by atoms with Crippen molar-refractivity contribution in [2.45, 2.75) is 64.4 Å². The predicted molar refractivity (Wildman–Crippen MR) is 96.5 cm³/mol. The average molecular weight is 341 g/mol. The van der Waals surface area contributed by atoms with Crippen LogP contribution in [0.1, 0.15) is 58.8 Å². The maximum absolute atomic E-state index is 12.4. The van der Waals surface area contributed by atoms with Crippen molar-refractivity contribution in [2.75, 3.05) is 0 Å². The highest BCUT2D eigenvalue weighted by atomic mass is 16.6. The van der Waals surface area contributed by atoms with E-state index in [2.05, 4.69) is 13.5 Å². The lowest BCUT2D eigenvalue weighted by Gasteiger charge is -2.50. The third kappa shape index (κ3) is 1.66. The number of hydrogen-bond acceptors (Lipinski definition) is 2. The Balaban J connectivity index is 1.33. The molecule has 0 aliphatic heterocycles. The Morgan fingerprint density at radius 2 is 1.64 bits per heavy atom. The second-order valence-electron chi connectivity index (χ2n) is 10.6. The molecule has 2 nitrogen and oxygen atoms in total. The zero-order valence-corrected chi connectivity index (χ0v) is 15.7. The molecule has 11 atom stereocenters. The quantitative estimate of drug-likeness (QED) is 0.417. The van der Waals surface area contributed by atoms with Crippen molar-refractivity contribution in [1.82, 2.24) is 0 Å². The lowest BCUT2D eigenvalue weighted by Crippen LogP contribution is -2.50. The minimum Gasteiger partial charge on any atom is -0.455 e. The molecule has 11 unspecified atom stereocenters. The highest BCUT2D eigenvalue weighted by Crippen LogP contribution is 2.78. The highest BCUT2D eigenvalue weighted by Gasteiger charge is 2.74. The van der Waals surface area contributed by atoms with Crippen molar-refractivity contribution in [3.05, 3.63) is 12.2 Å². The average Bonchev–Trinajstić information content (AvgIpc) is 3.38. The number of fused-ring (bicyclic) bond motifs is 16. The van der Waals surface area contributed by atoms with E-state index in [1.54, 1.807) is 13.3 Å². The minimum atomic E-state index is -0.167. The van der Waals surface area contributed by atoms with Crippen molar-refractivity contribution < 1.29 is 9.53 Å². The molecule has 0 saturated heterocycles. The molecule has 0 radical (unpaired) electrons. The Bertz CT molecular complexity index is 652. The van der Waals surface area contributed by atoms with Crippen molar-refractivity contribution in [3.8, 4) is 0 Å². The minimum absolute atomic E-state index is 0.146. The molecule has 6 rings (SSSR count). The van der Waals surface area contributed by atoms with Crippen LogP contribution in [0, 0.1) is 59.2 Å². The second kappa shape index (κ2) is 4.73. The van der Waals surface area contributed by atoms with Gasteiger partial charge in [0, 0.05) is 11.5 Å². The van der Waals surface area contributed by atoms with Gasteiger partial charge >= 0.3 is 5.97 Å². The van der Waals surface area contributed by atoms with Gasteiger partial charge in [0.25, 0.3) is 0 Å². The molecule has 6 saturated carbocycles. The Morgan fingerprint density at radius 1 is 1.00 bits per heavy atom. The van der Waals surface area contributed by atoms with Gasteiger partial charge in [0.1, 0.15) is 5.60 Å². The lowest BCUT2D eigenvalue weighted by atomic mass is 9.57. The summed E-state index contributed by atoms with van der Waals surface area (Å²) in [5, 5.41) is 0. The van der Waals surface area contributed by atoms with Crippen molar-refractivity contribution in [3.63, 3.8) is 0 Å². The van der Waals surface area contributed by atoms with Gasteiger partial charge < -0.3 is 4.74 Å². The van der Waals surface area contributed by atoms with E-state index in [0.29, 0.717) is 11.5 Å². The fourth-order valence-corrected chi connectivity index (χ4v) is 9.80. The van der Waals surface area contributed by atoms with Gasteiger partial charge in [-0.25, -0.2) is 4.79 Å². The summed E-state index contributed by atoms with van der Waals surface area (Å²) in [4.78, 5) is 12.4. The van der Waals surface area contributed by atoms with E-state index >= 15 is 0 Å². The summed E-state index contributed by atoms with van der Waals surface area (Å²) < 4.78 is 6.19. The summed E-state index contributed by atoms with van der Waals surface area (Å²) in [5.41, 5.74) is 0.396. The van der Waals surface area contributed by atoms with E-state index in [1.807, 2.05) is 0 Å². The smallest absolute Gasteiger partial charge is 0.333 e. The van der Waals surface area contributed by atoms with Gasteiger partial charge in [0.15, 0.2) is 0 Å². The second-order valence-corrected chi connectivity index (χ2v) is 10.6. The summed E-state index contributed by atoms with van der Waals surface area (Å²) in [6.07, 6.45) is 9.62. The molecule has 136 valence electrons. The molecule has 0 aromatic heterocycles. The molecule has 0 spiro atoms. The number of carbonyl (C=O) groups excluding carboxylic acids is 1. The SMILES string of the molecule is C=C(C)C(=O)OC1(CC)CC2CC1C1C3CC(C4C5CCC(C5)C34)C21. The van der Waals surface area contributed by atoms with Crippen LogP contribution >= 0.6 is 0 Å². The first-order valence-electron chi connectivity index (χ1n) is 10.9. The molecule has 25 heavy (non-hydrogen) atoms. The summed E-state index contributed by atoms with van der Waals surface area (Å²) in [6.45, 7) is 7.86. The fourth-order valence-electron chi connectivity index (χ4n) is 9.80. The number of carbonyl (C=O) groups is 1. The number of hydrogen-bond donors (Lipinski definition) is 0. The van der Waals surface area contributed by atoms with Gasteiger partial charge in [0.2, 0.25) is 0 Å². The van der Waals surface area contributed by atoms with Gasteiger partial charge in [-0.05, 0) is 105 Å². The first-order valence-corrected chi connectivity index (χ1v) is 10.9. The molecule has 2 heteroatoms. The molecule has 0 amide bonds. The Kier molecular flexibility index (Phi) is 2.89. The first kappa shape index (κ1) is 15.3. The fraction of sp³-hybridized carbons (Fsp3) is 0.870.